The van der Waals surface area contributed by atoms with Gasteiger partial charge in [-0.2, -0.15) is 0 Å². The Balaban J connectivity index is 2.60. The van der Waals surface area contributed by atoms with Crippen LogP contribution >= 0.6 is 0 Å². The van der Waals surface area contributed by atoms with Crippen molar-refractivity contribution >= 4 is 17.2 Å². The molecule has 16 heavy (non-hydrogen) atoms. The van der Waals surface area contributed by atoms with Gasteiger partial charge in [0, 0.05) is 5.39 Å². The minimum Gasteiger partial charge on any atom is -0.494 e. The van der Waals surface area contributed by atoms with Crippen molar-refractivity contribution in [2.24, 2.45) is 0 Å². The summed E-state index contributed by atoms with van der Waals surface area (Å²) in [5, 5.41) is 0.857. The molecular formula is C12H13NO3. The minimum absolute atomic E-state index is 0.450. The van der Waals surface area contributed by atoms with Gasteiger partial charge in [-0.15, -0.1) is 0 Å². The van der Waals surface area contributed by atoms with Gasteiger partial charge in [0.05, 0.1) is 19.2 Å². The summed E-state index contributed by atoms with van der Waals surface area (Å²) >= 11 is 0. The van der Waals surface area contributed by atoms with E-state index < -0.39 is 0 Å². The predicted molar refractivity (Wildman–Crippen MR) is 61.4 cm³/mol. The molecule has 0 saturated carbocycles. The summed E-state index contributed by atoms with van der Waals surface area (Å²) < 4.78 is 10.6. The summed E-state index contributed by atoms with van der Waals surface area (Å²) in [5.41, 5.74) is 1.31. The highest BCUT2D eigenvalue weighted by Gasteiger charge is 2.11. The first-order chi connectivity index (χ1) is 7.80. The van der Waals surface area contributed by atoms with E-state index in [4.69, 9.17) is 9.47 Å². The van der Waals surface area contributed by atoms with Crippen molar-refractivity contribution in [1.82, 2.24) is 4.98 Å². The van der Waals surface area contributed by atoms with Gasteiger partial charge in [-0.05, 0) is 25.1 Å². The largest absolute Gasteiger partial charge is 0.494 e. The van der Waals surface area contributed by atoms with E-state index in [-0.39, 0.29) is 0 Å². The fraction of sp³-hybridized carbons (Fsp3) is 0.250. The van der Waals surface area contributed by atoms with Crippen molar-refractivity contribution in [3.8, 4) is 11.5 Å². The minimum atomic E-state index is 0.450. The lowest BCUT2D eigenvalue weighted by Gasteiger charge is -2.03. The number of H-pyrrole nitrogens is 1. The molecule has 0 radical (unpaired) electrons. The van der Waals surface area contributed by atoms with Gasteiger partial charge >= 0.3 is 0 Å². The standard InChI is InChI=1S/C12H13NO3/c1-3-16-8-4-5-10-9(6-8)12(15-2)11(7-14)13-10/h4-7,13H,3H2,1-2H3. The molecule has 1 aromatic heterocycles. The molecule has 0 fully saturated rings. The number of methoxy groups -OCH3 is 1. The zero-order valence-corrected chi connectivity index (χ0v) is 9.24. The van der Waals surface area contributed by atoms with Crippen LogP contribution in [0.15, 0.2) is 18.2 Å². The second kappa shape index (κ2) is 4.26. The van der Waals surface area contributed by atoms with Crippen LogP contribution in [0, 0.1) is 0 Å². The summed E-state index contributed by atoms with van der Waals surface area (Å²) in [6.07, 6.45) is 0.749. The maximum Gasteiger partial charge on any atom is 0.170 e. The molecule has 0 spiro atoms. The SMILES string of the molecule is CCOc1ccc2[nH]c(C=O)c(OC)c2c1. The molecule has 0 aliphatic carbocycles. The van der Waals surface area contributed by atoms with Crippen molar-refractivity contribution in [3.63, 3.8) is 0 Å². The Morgan fingerprint density at radius 1 is 1.44 bits per heavy atom. The van der Waals surface area contributed by atoms with E-state index in [1.54, 1.807) is 7.11 Å². The zero-order valence-electron chi connectivity index (χ0n) is 9.24. The van der Waals surface area contributed by atoms with Gasteiger partial charge in [0.1, 0.15) is 11.4 Å². The maximum absolute atomic E-state index is 10.8. The van der Waals surface area contributed by atoms with E-state index >= 15 is 0 Å². The topological polar surface area (TPSA) is 51.3 Å². The number of carbonyl (C=O) groups is 1. The number of nitrogens with one attached hydrogen (secondary N) is 1. The summed E-state index contributed by atoms with van der Waals surface area (Å²) in [5.74, 6) is 1.33. The van der Waals surface area contributed by atoms with Crippen LogP contribution in [0.25, 0.3) is 10.9 Å². The quantitative estimate of drug-likeness (QED) is 0.803. The first-order valence-electron chi connectivity index (χ1n) is 5.07. The molecule has 1 aromatic carbocycles. The van der Waals surface area contributed by atoms with Gasteiger partial charge in [0.2, 0.25) is 0 Å². The van der Waals surface area contributed by atoms with E-state index in [1.165, 1.54) is 0 Å². The molecule has 0 atom stereocenters. The third-order valence-corrected chi connectivity index (χ3v) is 2.38. The molecule has 0 bridgehead atoms. The third kappa shape index (κ3) is 1.62. The normalized spacial score (nSPS) is 10.4. The van der Waals surface area contributed by atoms with Crippen LogP contribution in [-0.4, -0.2) is 25.0 Å². The van der Waals surface area contributed by atoms with Crippen LogP contribution in [0.4, 0.5) is 0 Å². The number of rotatable bonds is 4. The fourth-order valence-corrected chi connectivity index (χ4v) is 1.73. The molecule has 4 nitrogen and oxygen atoms in total. The highest BCUT2D eigenvalue weighted by Crippen LogP contribution is 2.31. The average Bonchev–Trinajstić information content (AvgIpc) is 2.66. The second-order valence-electron chi connectivity index (χ2n) is 3.33. The smallest absolute Gasteiger partial charge is 0.170 e. The second-order valence-corrected chi connectivity index (χ2v) is 3.33. The lowest BCUT2D eigenvalue weighted by atomic mass is 10.2. The molecule has 0 saturated heterocycles. The number of benzene rings is 1. The van der Waals surface area contributed by atoms with Gasteiger partial charge in [-0.25, -0.2) is 0 Å². The Hall–Kier alpha value is -1.97. The Morgan fingerprint density at radius 2 is 2.25 bits per heavy atom. The Kier molecular flexibility index (Phi) is 2.81. The van der Waals surface area contributed by atoms with E-state index in [2.05, 4.69) is 4.98 Å². The van der Waals surface area contributed by atoms with E-state index in [9.17, 15) is 4.79 Å². The molecule has 2 rings (SSSR count). The summed E-state index contributed by atoms with van der Waals surface area (Å²) in [4.78, 5) is 13.8. The highest BCUT2D eigenvalue weighted by atomic mass is 16.5. The van der Waals surface area contributed by atoms with Gasteiger partial charge in [0.25, 0.3) is 0 Å². The van der Waals surface area contributed by atoms with Gasteiger partial charge < -0.3 is 14.5 Å². The van der Waals surface area contributed by atoms with E-state index in [0.29, 0.717) is 18.1 Å². The number of aromatic amines is 1. The first-order valence-corrected chi connectivity index (χ1v) is 5.07. The van der Waals surface area contributed by atoms with Crippen LogP contribution in [0.3, 0.4) is 0 Å². The van der Waals surface area contributed by atoms with Crippen LogP contribution in [0.1, 0.15) is 17.4 Å². The average molecular weight is 219 g/mol. The molecule has 0 aliphatic heterocycles. The summed E-state index contributed by atoms with van der Waals surface area (Å²) in [6, 6.07) is 5.59. The number of hydrogen-bond donors (Lipinski definition) is 1. The summed E-state index contributed by atoms with van der Waals surface area (Å²) in [6.45, 7) is 2.54. The lowest BCUT2D eigenvalue weighted by molar-refractivity contribution is 0.111. The molecule has 84 valence electrons. The van der Waals surface area contributed by atoms with Crippen LogP contribution in [0.2, 0.25) is 0 Å². The lowest BCUT2D eigenvalue weighted by Crippen LogP contribution is -1.90. The third-order valence-electron chi connectivity index (χ3n) is 2.38. The zero-order chi connectivity index (χ0) is 11.5. The van der Waals surface area contributed by atoms with Crippen LogP contribution in [0.5, 0.6) is 11.5 Å². The molecule has 1 heterocycles. The van der Waals surface area contributed by atoms with Crippen molar-refractivity contribution < 1.29 is 14.3 Å². The van der Waals surface area contributed by atoms with Crippen molar-refractivity contribution in [2.75, 3.05) is 13.7 Å². The monoisotopic (exact) mass is 219 g/mol. The van der Waals surface area contributed by atoms with Gasteiger partial charge in [-0.3, -0.25) is 4.79 Å². The molecule has 2 aromatic rings. The van der Waals surface area contributed by atoms with Gasteiger partial charge in [0.15, 0.2) is 12.0 Å². The van der Waals surface area contributed by atoms with Crippen molar-refractivity contribution in [3.05, 3.63) is 23.9 Å². The number of aromatic nitrogens is 1. The highest BCUT2D eigenvalue weighted by molar-refractivity contribution is 5.96. The Labute approximate surface area is 93.2 Å². The molecule has 4 heteroatoms. The van der Waals surface area contributed by atoms with Gasteiger partial charge in [-0.1, -0.05) is 0 Å². The molecular weight excluding hydrogens is 206 g/mol. The molecule has 1 N–H and O–H groups in total. The fourth-order valence-electron chi connectivity index (χ4n) is 1.73. The van der Waals surface area contributed by atoms with E-state index in [1.807, 2.05) is 25.1 Å². The summed E-state index contributed by atoms with van der Waals surface area (Å²) in [7, 11) is 1.54. The number of carbonyl (C=O) groups excluding carboxylic acids is 1. The molecule has 0 unspecified atom stereocenters. The number of fused-ring (bicyclic) bond motifs is 1. The predicted octanol–water partition coefficient (Wildman–Crippen LogP) is 2.39. The Bertz CT molecular complexity index is 516. The number of aldehydes is 1. The van der Waals surface area contributed by atoms with Crippen molar-refractivity contribution in [1.29, 1.82) is 0 Å². The van der Waals surface area contributed by atoms with Crippen molar-refractivity contribution in [2.45, 2.75) is 6.92 Å². The number of ether oxygens (including phenoxy) is 2. The number of hydrogen-bond acceptors (Lipinski definition) is 3. The first kappa shape index (κ1) is 10.5. The van der Waals surface area contributed by atoms with Crippen LogP contribution in [-0.2, 0) is 0 Å². The van der Waals surface area contributed by atoms with Crippen LogP contribution < -0.4 is 9.47 Å². The maximum atomic E-state index is 10.8. The molecule has 0 amide bonds. The van der Waals surface area contributed by atoms with E-state index in [0.717, 1.165) is 22.9 Å². The molecule has 0 aliphatic rings. The Morgan fingerprint density at radius 3 is 2.88 bits per heavy atom.